The first-order chi connectivity index (χ1) is 14.9. The first-order valence-electron chi connectivity index (χ1n) is 10.1. The maximum atomic E-state index is 12.8. The van der Waals surface area contributed by atoms with Gasteiger partial charge in [-0.1, -0.05) is 6.07 Å². The minimum Gasteiger partial charge on any atom is -0.348 e. The molecule has 0 saturated carbocycles. The zero-order valence-corrected chi connectivity index (χ0v) is 17.1. The van der Waals surface area contributed by atoms with Crippen molar-refractivity contribution in [2.75, 3.05) is 13.1 Å². The van der Waals surface area contributed by atoms with E-state index in [1.165, 1.54) is 12.1 Å². The van der Waals surface area contributed by atoms with Crippen molar-refractivity contribution in [3.8, 4) is 6.07 Å². The molecule has 0 unspecified atom stereocenters. The number of hydrogen-bond acceptors (Lipinski definition) is 6. The van der Waals surface area contributed by atoms with Crippen LogP contribution in [0.2, 0.25) is 0 Å². The first-order valence-corrected chi connectivity index (χ1v) is 10.1. The molecule has 1 saturated heterocycles. The molecule has 3 aromatic rings. The van der Waals surface area contributed by atoms with E-state index >= 15 is 0 Å². The Morgan fingerprint density at radius 2 is 2.23 bits per heavy atom. The van der Waals surface area contributed by atoms with Crippen molar-refractivity contribution in [2.24, 2.45) is 0 Å². The van der Waals surface area contributed by atoms with Gasteiger partial charge in [-0.2, -0.15) is 10.4 Å². The van der Waals surface area contributed by atoms with Crippen LogP contribution < -0.4 is 5.32 Å². The molecule has 4 rings (SSSR count). The summed E-state index contributed by atoms with van der Waals surface area (Å²) in [6.07, 6.45) is 5.37. The average molecular weight is 418 g/mol. The van der Waals surface area contributed by atoms with Crippen LogP contribution in [0.4, 0.5) is 5.69 Å². The normalized spacial score (nSPS) is 16.7. The molecule has 1 N–H and O–H groups in total. The largest absolute Gasteiger partial charge is 0.348 e. The highest BCUT2D eigenvalue weighted by molar-refractivity contribution is 5.96. The topological polar surface area (TPSA) is 117 Å². The minimum absolute atomic E-state index is 0.0450. The Labute approximate surface area is 179 Å². The third-order valence-corrected chi connectivity index (χ3v) is 5.64. The number of nitriles is 1. The lowest BCUT2D eigenvalue weighted by molar-refractivity contribution is -0.384. The van der Waals surface area contributed by atoms with Crippen LogP contribution in [0, 0.1) is 28.4 Å². The molecule has 0 bridgehead atoms. The molecule has 0 radical (unpaired) electrons. The van der Waals surface area contributed by atoms with E-state index in [9.17, 15) is 14.9 Å². The van der Waals surface area contributed by atoms with Gasteiger partial charge in [-0.05, 0) is 44.0 Å². The van der Waals surface area contributed by atoms with Crippen molar-refractivity contribution < 1.29 is 9.72 Å². The van der Waals surface area contributed by atoms with Gasteiger partial charge in [-0.3, -0.25) is 19.8 Å². The summed E-state index contributed by atoms with van der Waals surface area (Å²) >= 11 is 0. The quantitative estimate of drug-likeness (QED) is 0.503. The third kappa shape index (κ3) is 4.39. The molecule has 158 valence electrons. The van der Waals surface area contributed by atoms with Gasteiger partial charge in [0.05, 0.1) is 28.3 Å². The molecule has 3 heterocycles. The number of hydrogen-bond donors (Lipinski definition) is 1. The second-order valence-electron chi connectivity index (χ2n) is 7.83. The molecule has 1 aliphatic rings. The van der Waals surface area contributed by atoms with Crippen LogP contribution in [0.3, 0.4) is 0 Å². The molecule has 1 amide bonds. The third-order valence-electron chi connectivity index (χ3n) is 5.64. The number of pyridine rings is 1. The Hall–Kier alpha value is -3.77. The van der Waals surface area contributed by atoms with Crippen molar-refractivity contribution in [2.45, 2.75) is 32.4 Å². The Balaban J connectivity index is 1.45. The average Bonchev–Trinajstić information content (AvgIpc) is 3.15. The maximum absolute atomic E-state index is 12.8. The van der Waals surface area contributed by atoms with Gasteiger partial charge in [0.1, 0.15) is 0 Å². The van der Waals surface area contributed by atoms with Gasteiger partial charge in [0.15, 0.2) is 0 Å². The molecule has 31 heavy (non-hydrogen) atoms. The second-order valence-corrected chi connectivity index (χ2v) is 7.83. The summed E-state index contributed by atoms with van der Waals surface area (Å²) in [5.74, 6) is -0.289. The minimum atomic E-state index is -0.494. The number of rotatable bonds is 5. The number of likely N-dealkylation sites (tertiary alicyclic amines) is 1. The summed E-state index contributed by atoms with van der Waals surface area (Å²) < 4.78 is 1.75. The number of carbonyl (C=O) groups is 1. The zero-order valence-electron chi connectivity index (χ0n) is 17.1. The number of benzene rings is 1. The van der Waals surface area contributed by atoms with Gasteiger partial charge in [0.25, 0.3) is 11.6 Å². The summed E-state index contributed by atoms with van der Waals surface area (Å²) in [7, 11) is 0. The Morgan fingerprint density at radius 1 is 1.39 bits per heavy atom. The van der Waals surface area contributed by atoms with E-state index in [-0.39, 0.29) is 17.6 Å². The molecule has 2 aromatic heterocycles. The molecular formula is C22H22N6O3. The van der Waals surface area contributed by atoms with E-state index in [1.54, 1.807) is 29.8 Å². The number of nitro groups is 1. The second kappa shape index (κ2) is 8.53. The zero-order chi connectivity index (χ0) is 22.0. The van der Waals surface area contributed by atoms with E-state index in [0.29, 0.717) is 29.8 Å². The SMILES string of the molecule is Cc1ccc([N+](=O)[O-])cc1C(=O)N[C@@H]1CCCN(Cc2cnn3ccc(C#N)cc23)C1. The van der Waals surface area contributed by atoms with Gasteiger partial charge in [-0.25, -0.2) is 4.52 Å². The monoisotopic (exact) mass is 418 g/mol. The number of fused-ring (bicyclic) bond motifs is 1. The number of non-ortho nitro benzene ring substituents is 1. The van der Waals surface area contributed by atoms with Crippen molar-refractivity contribution >= 4 is 17.1 Å². The van der Waals surface area contributed by atoms with Crippen LogP contribution in [-0.4, -0.2) is 44.5 Å². The van der Waals surface area contributed by atoms with Crippen LogP contribution >= 0.6 is 0 Å². The van der Waals surface area contributed by atoms with Crippen LogP contribution in [-0.2, 0) is 6.54 Å². The number of amides is 1. The summed E-state index contributed by atoms with van der Waals surface area (Å²) in [4.78, 5) is 25.6. The summed E-state index contributed by atoms with van der Waals surface area (Å²) in [6, 6.07) is 10.0. The molecule has 1 fully saturated rings. The number of piperidine rings is 1. The van der Waals surface area contributed by atoms with Gasteiger partial charge in [0.2, 0.25) is 0 Å². The van der Waals surface area contributed by atoms with Crippen molar-refractivity contribution in [3.63, 3.8) is 0 Å². The lowest BCUT2D eigenvalue weighted by Gasteiger charge is -2.33. The van der Waals surface area contributed by atoms with E-state index < -0.39 is 4.92 Å². The number of nitrogens with zero attached hydrogens (tertiary/aromatic N) is 5. The summed E-state index contributed by atoms with van der Waals surface area (Å²) in [5.41, 5.74) is 3.46. The van der Waals surface area contributed by atoms with Crippen LogP contribution in [0.25, 0.3) is 5.52 Å². The molecule has 1 aliphatic heterocycles. The summed E-state index contributed by atoms with van der Waals surface area (Å²) in [6.45, 7) is 4.01. The van der Waals surface area contributed by atoms with Gasteiger partial charge in [-0.15, -0.1) is 0 Å². The van der Waals surface area contributed by atoms with Gasteiger partial charge in [0, 0.05) is 48.6 Å². The highest BCUT2D eigenvalue weighted by atomic mass is 16.6. The van der Waals surface area contributed by atoms with Crippen molar-refractivity contribution in [3.05, 3.63) is 75.1 Å². The predicted molar refractivity (Wildman–Crippen MR) is 114 cm³/mol. The van der Waals surface area contributed by atoms with Gasteiger partial charge >= 0.3 is 0 Å². The smallest absolute Gasteiger partial charge is 0.270 e. The lowest BCUT2D eigenvalue weighted by Crippen LogP contribution is -2.47. The van der Waals surface area contributed by atoms with Crippen molar-refractivity contribution in [1.82, 2.24) is 19.8 Å². The van der Waals surface area contributed by atoms with E-state index in [4.69, 9.17) is 5.26 Å². The van der Waals surface area contributed by atoms with E-state index in [2.05, 4.69) is 21.4 Å². The Bertz CT molecular complexity index is 1200. The van der Waals surface area contributed by atoms with Crippen molar-refractivity contribution in [1.29, 1.82) is 5.26 Å². The molecule has 9 nitrogen and oxygen atoms in total. The number of aryl methyl sites for hydroxylation is 1. The standard InChI is InChI=1S/C22H22N6O3/c1-15-4-5-19(28(30)31)10-20(15)22(29)25-18-3-2-7-26(14-18)13-17-12-24-27-8-6-16(11-23)9-21(17)27/h4-6,8-10,12,18H,2-3,7,13-14H2,1H3,(H,25,29)/t18-/m1/s1. The number of nitrogens with one attached hydrogen (secondary N) is 1. The maximum Gasteiger partial charge on any atom is 0.270 e. The molecular weight excluding hydrogens is 396 g/mol. The fourth-order valence-electron chi connectivity index (χ4n) is 4.01. The van der Waals surface area contributed by atoms with E-state index in [1.807, 2.05) is 12.3 Å². The molecule has 1 atom stereocenters. The fraction of sp³-hybridized carbons (Fsp3) is 0.318. The number of carbonyl (C=O) groups excluding carboxylic acids is 1. The van der Waals surface area contributed by atoms with Crippen LogP contribution in [0.15, 0.2) is 42.7 Å². The number of nitro benzene ring substituents is 1. The van der Waals surface area contributed by atoms with Gasteiger partial charge < -0.3 is 5.32 Å². The molecule has 0 spiro atoms. The first kappa shape index (κ1) is 20.5. The highest BCUT2D eigenvalue weighted by Crippen LogP contribution is 2.20. The molecule has 0 aliphatic carbocycles. The van der Waals surface area contributed by atoms with Crippen LogP contribution in [0.1, 0.15) is 39.9 Å². The predicted octanol–water partition coefficient (Wildman–Crippen LogP) is 2.82. The highest BCUT2D eigenvalue weighted by Gasteiger charge is 2.24. The molecule has 1 aromatic carbocycles. The van der Waals surface area contributed by atoms with Crippen LogP contribution in [0.5, 0.6) is 0 Å². The Morgan fingerprint density at radius 3 is 3.00 bits per heavy atom. The molecule has 9 heteroatoms. The lowest BCUT2D eigenvalue weighted by atomic mass is 10.0. The number of aromatic nitrogens is 2. The Kier molecular flexibility index (Phi) is 5.64. The van der Waals surface area contributed by atoms with E-state index in [0.717, 1.165) is 30.5 Å². The summed E-state index contributed by atoms with van der Waals surface area (Å²) in [5, 5.41) is 27.6. The fourth-order valence-corrected chi connectivity index (χ4v) is 4.01.